The van der Waals surface area contributed by atoms with Crippen LogP contribution in [0.15, 0.2) is 18.2 Å². The summed E-state index contributed by atoms with van der Waals surface area (Å²) >= 11 is 0. The number of aliphatic hydroxyl groups excluding tert-OH is 1. The topological polar surface area (TPSA) is 38.0 Å². The lowest BCUT2D eigenvalue weighted by atomic mass is 10.2. The van der Waals surface area contributed by atoms with Gasteiger partial charge in [-0.2, -0.15) is 5.10 Å². The molecule has 0 aliphatic rings. The van der Waals surface area contributed by atoms with Gasteiger partial charge in [-0.15, -0.1) is 0 Å². The standard InChI is InChI=1S/C10H11N2O/c1-8-9-4-2-3-5-10(9)11-12(8)6-7-13/h3-5,13H,6-7H2,1H3. The van der Waals surface area contributed by atoms with Gasteiger partial charge in [-0.25, -0.2) is 0 Å². The zero-order chi connectivity index (χ0) is 9.26. The maximum atomic E-state index is 8.80. The van der Waals surface area contributed by atoms with E-state index in [0.29, 0.717) is 6.54 Å². The highest BCUT2D eigenvalue weighted by Crippen LogP contribution is 2.16. The van der Waals surface area contributed by atoms with Gasteiger partial charge < -0.3 is 5.11 Å². The van der Waals surface area contributed by atoms with Gasteiger partial charge in [0.15, 0.2) is 0 Å². The summed E-state index contributed by atoms with van der Waals surface area (Å²) < 4.78 is 1.82. The Bertz CT molecular complexity index is 420. The van der Waals surface area contributed by atoms with Crippen molar-refractivity contribution in [3.05, 3.63) is 30.0 Å². The number of hydrogen-bond donors (Lipinski definition) is 1. The number of fused-ring (bicyclic) bond motifs is 1. The average molecular weight is 175 g/mol. The molecule has 1 aromatic heterocycles. The SMILES string of the molecule is Cc1c2c[c]ccc2nn1CCO. The van der Waals surface area contributed by atoms with Crippen LogP contribution in [0.2, 0.25) is 0 Å². The largest absolute Gasteiger partial charge is 0.394 e. The van der Waals surface area contributed by atoms with E-state index in [9.17, 15) is 0 Å². The number of aromatic nitrogens is 2. The van der Waals surface area contributed by atoms with Crippen molar-refractivity contribution >= 4 is 10.9 Å². The monoisotopic (exact) mass is 175 g/mol. The van der Waals surface area contributed by atoms with Crippen LogP contribution in [0, 0.1) is 13.0 Å². The predicted octanol–water partition coefficient (Wildman–Crippen LogP) is 1.14. The number of benzene rings is 1. The summed E-state index contributed by atoms with van der Waals surface area (Å²) in [6.45, 7) is 2.68. The lowest BCUT2D eigenvalue weighted by molar-refractivity contribution is 0.268. The van der Waals surface area contributed by atoms with Crippen LogP contribution < -0.4 is 0 Å². The molecule has 0 aliphatic carbocycles. The Labute approximate surface area is 76.6 Å². The molecule has 0 atom stereocenters. The van der Waals surface area contributed by atoms with E-state index < -0.39 is 0 Å². The maximum Gasteiger partial charge on any atom is 0.0926 e. The minimum Gasteiger partial charge on any atom is -0.394 e. The van der Waals surface area contributed by atoms with E-state index >= 15 is 0 Å². The fourth-order valence-electron chi connectivity index (χ4n) is 1.46. The van der Waals surface area contributed by atoms with Crippen molar-refractivity contribution in [2.24, 2.45) is 0 Å². The molecular formula is C10H11N2O. The van der Waals surface area contributed by atoms with Crippen molar-refractivity contribution in [1.82, 2.24) is 9.78 Å². The predicted molar refractivity (Wildman–Crippen MR) is 50.4 cm³/mol. The van der Waals surface area contributed by atoms with Crippen LogP contribution in [-0.4, -0.2) is 21.5 Å². The van der Waals surface area contributed by atoms with Crippen molar-refractivity contribution in [2.75, 3.05) is 6.61 Å². The van der Waals surface area contributed by atoms with Gasteiger partial charge in [-0.1, -0.05) is 6.07 Å². The first-order valence-corrected chi connectivity index (χ1v) is 4.27. The van der Waals surface area contributed by atoms with Gasteiger partial charge in [0.05, 0.1) is 18.7 Å². The summed E-state index contributed by atoms with van der Waals surface area (Å²) in [5, 5.41) is 14.2. The highest BCUT2D eigenvalue weighted by atomic mass is 16.3. The van der Waals surface area contributed by atoms with Crippen LogP contribution in [0.25, 0.3) is 10.9 Å². The summed E-state index contributed by atoms with van der Waals surface area (Å²) in [4.78, 5) is 0. The first-order chi connectivity index (χ1) is 6.33. The highest BCUT2D eigenvalue weighted by Gasteiger charge is 2.04. The number of nitrogens with zero attached hydrogens (tertiary/aromatic N) is 2. The molecule has 1 aromatic carbocycles. The van der Waals surface area contributed by atoms with E-state index in [2.05, 4.69) is 11.2 Å². The van der Waals surface area contributed by atoms with E-state index in [1.54, 1.807) is 0 Å². The molecule has 0 saturated carbocycles. The fraction of sp³-hybridized carbons (Fsp3) is 0.300. The van der Waals surface area contributed by atoms with E-state index in [1.165, 1.54) is 0 Å². The molecule has 2 aromatic rings. The third-order valence-corrected chi connectivity index (χ3v) is 2.16. The molecule has 67 valence electrons. The Hall–Kier alpha value is -1.35. The van der Waals surface area contributed by atoms with Gasteiger partial charge >= 0.3 is 0 Å². The molecule has 1 radical (unpaired) electrons. The zero-order valence-electron chi connectivity index (χ0n) is 7.49. The quantitative estimate of drug-likeness (QED) is 0.743. The van der Waals surface area contributed by atoms with Crippen molar-refractivity contribution in [1.29, 1.82) is 0 Å². The first kappa shape index (κ1) is 8.26. The van der Waals surface area contributed by atoms with Crippen molar-refractivity contribution in [2.45, 2.75) is 13.5 Å². The Balaban J connectivity index is 2.60. The molecule has 0 bridgehead atoms. The molecule has 2 rings (SSSR count). The minimum atomic E-state index is 0.124. The summed E-state index contributed by atoms with van der Waals surface area (Å²) in [6, 6.07) is 8.71. The molecule has 0 aliphatic heterocycles. The van der Waals surface area contributed by atoms with Gasteiger partial charge in [0.25, 0.3) is 0 Å². The second-order valence-electron chi connectivity index (χ2n) is 2.98. The molecule has 0 fully saturated rings. The first-order valence-electron chi connectivity index (χ1n) is 4.27. The third kappa shape index (κ3) is 1.31. The molecule has 0 spiro atoms. The van der Waals surface area contributed by atoms with Gasteiger partial charge in [-0.3, -0.25) is 4.68 Å². The van der Waals surface area contributed by atoms with Crippen LogP contribution >= 0.6 is 0 Å². The highest BCUT2D eigenvalue weighted by molar-refractivity contribution is 5.80. The Morgan fingerprint density at radius 3 is 3.15 bits per heavy atom. The Kier molecular flexibility index (Phi) is 2.02. The zero-order valence-corrected chi connectivity index (χ0v) is 7.49. The molecule has 0 unspecified atom stereocenters. The molecule has 3 nitrogen and oxygen atoms in total. The number of aryl methyl sites for hydroxylation is 1. The van der Waals surface area contributed by atoms with Crippen LogP contribution in [0.1, 0.15) is 5.69 Å². The van der Waals surface area contributed by atoms with Crippen molar-refractivity contribution < 1.29 is 5.11 Å². The normalized spacial score (nSPS) is 10.9. The minimum absolute atomic E-state index is 0.124. The van der Waals surface area contributed by atoms with E-state index in [-0.39, 0.29) is 6.61 Å². The fourth-order valence-corrected chi connectivity index (χ4v) is 1.46. The Morgan fingerprint density at radius 1 is 1.62 bits per heavy atom. The van der Waals surface area contributed by atoms with Crippen LogP contribution in [0.4, 0.5) is 0 Å². The number of rotatable bonds is 2. The molecule has 13 heavy (non-hydrogen) atoms. The number of hydrogen-bond acceptors (Lipinski definition) is 2. The summed E-state index contributed by atoms with van der Waals surface area (Å²) in [7, 11) is 0. The van der Waals surface area contributed by atoms with Crippen LogP contribution in [0.3, 0.4) is 0 Å². The van der Waals surface area contributed by atoms with Crippen molar-refractivity contribution in [3.63, 3.8) is 0 Å². The van der Waals surface area contributed by atoms with Gasteiger partial charge in [0.1, 0.15) is 0 Å². The molecule has 1 N–H and O–H groups in total. The summed E-state index contributed by atoms with van der Waals surface area (Å²) in [5.74, 6) is 0. The van der Waals surface area contributed by atoms with E-state index in [4.69, 9.17) is 5.11 Å². The molecule has 0 amide bonds. The second kappa shape index (κ2) is 3.18. The lowest BCUT2D eigenvalue weighted by Gasteiger charge is -1.99. The van der Waals surface area contributed by atoms with Gasteiger partial charge in [-0.05, 0) is 25.1 Å². The van der Waals surface area contributed by atoms with Crippen LogP contribution in [-0.2, 0) is 6.54 Å². The Morgan fingerprint density at radius 2 is 2.46 bits per heavy atom. The molecule has 1 heterocycles. The smallest absolute Gasteiger partial charge is 0.0926 e. The average Bonchev–Trinajstić information content (AvgIpc) is 2.46. The molecule has 0 saturated heterocycles. The van der Waals surface area contributed by atoms with E-state index in [1.807, 2.05) is 29.8 Å². The second-order valence-corrected chi connectivity index (χ2v) is 2.98. The van der Waals surface area contributed by atoms with E-state index in [0.717, 1.165) is 16.6 Å². The third-order valence-electron chi connectivity index (χ3n) is 2.16. The van der Waals surface area contributed by atoms with Gasteiger partial charge in [0.2, 0.25) is 0 Å². The summed E-state index contributed by atoms with van der Waals surface area (Å²) in [5.41, 5.74) is 2.05. The molecule has 3 heteroatoms. The number of aliphatic hydroxyl groups is 1. The summed E-state index contributed by atoms with van der Waals surface area (Å²) in [6.07, 6.45) is 0. The van der Waals surface area contributed by atoms with Crippen LogP contribution in [0.5, 0.6) is 0 Å². The lowest BCUT2D eigenvalue weighted by Crippen LogP contribution is -2.05. The van der Waals surface area contributed by atoms with Gasteiger partial charge in [0, 0.05) is 11.1 Å². The van der Waals surface area contributed by atoms with Crippen molar-refractivity contribution in [3.8, 4) is 0 Å². The maximum absolute atomic E-state index is 8.80. The molecular weight excluding hydrogens is 164 g/mol.